The molecule has 3 aromatic carbocycles. The third kappa shape index (κ3) is 7.67. The average Bonchev–Trinajstić information content (AvgIpc) is 2.81. The normalized spacial score (nSPS) is 11.8. The molecule has 3 rings (SSSR count). The molecule has 6 heteroatoms. The summed E-state index contributed by atoms with van der Waals surface area (Å²) in [6.07, 6.45) is 0.901. The summed E-state index contributed by atoms with van der Waals surface area (Å²) in [5, 5.41) is 12.4. The van der Waals surface area contributed by atoms with Crippen molar-refractivity contribution < 1.29 is 23.8 Å². The number of ether oxygens (including phenoxy) is 1. The summed E-state index contributed by atoms with van der Waals surface area (Å²) in [6.45, 7) is 8.37. The van der Waals surface area contributed by atoms with Crippen molar-refractivity contribution in [3.63, 3.8) is 0 Å². The lowest BCUT2D eigenvalue weighted by atomic mass is 9.93. The van der Waals surface area contributed by atoms with Crippen LogP contribution < -0.4 is 10.1 Å². The molecule has 0 heterocycles. The van der Waals surface area contributed by atoms with E-state index in [1.807, 2.05) is 13.8 Å². The van der Waals surface area contributed by atoms with Crippen LogP contribution >= 0.6 is 0 Å². The first-order valence-electron chi connectivity index (χ1n) is 12.2. The average molecular weight is 492 g/mol. The number of carboxylic acid groups (broad SMARTS) is 1. The van der Waals surface area contributed by atoms with E-state index in [1.54, 1.807) is 36.4 Å². The third-order valence-electron chi connectivity index (χ3n) is 5.92. The topological polar surface area (TPSA) is 75.6 Å². The lowest BCUT2D eigenvalue weighted by molar-refractivity contribution is -0.136. The van der Waals surface area contributed by atoms with Crippen LogP contribution in [0.15, 0.2) is 60.7 Å². The molecule has 0 radical (unpaired) electrons. The lowest BCUT2D eigenvalue weighted by Crippen LogP contribution is -2.30. The van der Waals surface area contributed by atoms with Gasteiger partial charge in [0.25, 0.3) is 5.91 Å². The van der Waals surface area contributed by atoms with Gasteiger partial charge in [0.2, 0.25) is 0 Å². The Bertz CT molecular complexity index is 1200. The molecule has 2 N–H and O–H groups in total. The highest BCUT2D eigenvalue weighted by Gasteiger charge is 2.21. The van der Waals surface area contributed by atoms with Crippen molar-refractivity contribution in [2.24, 2.45) is 5.92 Å². The molecule has 0 aromatic heterocycles. The molecule has 0 fully saturated rings. The lowest BCUT2D eigenvalue weighted by Gasteiger charge is -2.23. The molecule has 3 aromatic rings. The van der Waals surface area contributed by atoms with Crippen molar-refractivity contribution in [3.8, 4) is 5.75 Å². The quantitative estimate of drug-likeness (QED) is 0.319. The molecular weight excluding hydrogens is 457 g/mol. The minimum atomic E-state index is -0.929. The Morgan fingerprint density at radius 1 is 1.00 bits per heavy atom. The van der Waals surface area contributed by atoms with Gasteiger partial charge in [0.15, 0.2) is 11.6 Å². The van der Waals surface area contributed by atoms with Gasteiger partial charge in [0.05, 0.1) is 6.04 Å². The van der Waals surface area contributed by atoms with Gasteiger partial charge in [0, 0.05) is 12.0 Å². The minimum Gasteiger partial charge on any atom is -0.486 e. The Hall–Kier alpha value is -3.67. The second-order valence-corrected chi connectivity index (χ2v) is 9.68. The fourth-order valence-corrected chi connectivity index (χ4v) is 4.30. The Kier molecular flexibility index (Phi) is 9.23. The molecule has 5 nitrogen and oxygen atoms in total. The van der Waals surface area contributed by atoms with E-state index in [4.69, 9.17) is 4.74 Å². The zero-order valence-corrected chi connectivity index (χ0v) is 21.3. The first-order chi connectivity index (χ1) is 17.1. The number of carboxylic acids is 1. The van der Waals surface area contributed by atoms with Gasteiger partial charge >= 0.3 is 5.97 Å². The highest BCUT2D eigenvalue weighted by molar-refractivity contribution is 5.96. The number of aryl methyl sites for hydroxylation is 3. The van der Waals surface area contributed by atoms with Crippen molar-refractivity contribution >= 4 is 11.9 Å². The largest absolute Gasteiger partial charge is 0.486 e. The van der Waals surface area contributed by atoms with Crippen LogP contribution in [0.1, 0.15) is 70.9 Å². The van der Waals surface area contributed by atoms with Crippen LogP contribution in [0.4, 0.5) is 4.39 Å². The molecule has 0 unspecified atom stereocenters. The van der Waals surface area contributed by atoms with E-state index in [0.717, 1.165) is 23.1 Å². The van der Waals surface area contributed by atoms with E-state index >= 15 is 0 Å². The summed E-state index contributed by atoms with van der Waals surface area (Å²) >= 11 is 0. The molecule has 0 saturated heterocycles. The number of hydrogen-bond donors (Lipinski definition) is 2. The van der Waals surface area contributed by atoms with Gasteiger partial charge in [-0.1, -0.05) is 67.4 Å². The van der Waals surface area contributed by atoms with Crippen LogP contribution in [0.3, 0.4) is 0 Å². The predicted molar refractivity (Wildman–Crippen MR) is 139 cm³/mol. The van der Waals surface area contributed by atoms with E-state index in [9.17, 15) is 19.1 Å². The predicted octanol–water partition coefficient (Wildman–Crippen LogP) is 6.56. The Morgan fingerprint density at radius 2 is 1.69 bits per heavy atom. The van der Waals surface area contributed by atoms with Gasteiger partial charge in [-0.25, -0.2) is 4.39 Å². The zero-order chi connectivity index (χ0) is 26.2. The smallest absolute Gasteiger partial charge is 0.303 e. The molecule has 0 aliphatic heterocycles. The summed E-state index contributed by atoms with van der Waals surface area (Å²) in [5.41, 5.74) is 5.04. The Morgan fingerprint density at radius 3 is 2.33 bits per heavy atom. The minimum absolute atomic E-state index is 0.0763. The highest BCUT2D eigenvalue weighted by Crippen LogP contribution is 2.25. The van der Waals surface area contributed by atoms with Crippen LogP contribution in [-0.4, -0.2) is 17.0 Å². The van der Waals surface area contributed by atoms with E-state index < -0.39 is 11.8 Å². The van der Waals surface area contributed by atoms with Gasteiger partial charge in [-0.2, -0.15) is 0 Å². The van der Waals surface area contributed by atoms with Gasteiger partial charge in [-0.05, 0) is 67.5 Å². The monoisotopic (exact) mass is 491 g/mol. The summed E-state index contributed by atoms with van der Waals surface area (Å²) < 4.78 is 19.6. The molecule has 1 amide bonds. The maximum absolute atomic E-state index is 14.0. The van der Waals surface area contributed by atoms with Crippen molar-refractivity contribution in [1.29, 1.82) is 0 Å². The van der Waals surface area contributed by atoms with Gasteiger partial charge in [0.1, 0.15) is 6.61 Å². The summed E-state index contributed by atoms with van der Waals surface area (Å²) in [6, 6.07) is 17.5. The van der Waals surface area contributed by atoms with Gasteiger partial charge in [-0.3, -0.25) is 9.59 Å². The molecule has 0 saturated carbocycles. The number of para-hydroxylation sites is 1. The maximum Gasteiger partial charge on any atom is 0.303 e. The second kappa shape index (κ2) is 12.3. The Balaban J connectivity index is 1.89. The number of carbonyl (C=O) groups excluding carboxylic acids is 1. The highest BCUT2D eigenvalue weighted by atomic mass is 19.1. The second-order valence-electron chi connectivity index (χ2n) is 9.68. The molecule has 0 aliphatic carbocycles. The number of hydrogen-bond acceptors (Lipinski definition) is 3. The molecule has 190 valence electrons. The molecule has 0 spiro atoms. The van der Waals surface area contributed by atoms with Crippen LogP contribution in [0.5, 0.6) is 5.75 Å². The fraction of sp³-hybridized carbons (Fsp3) is 0.333. The Labute approximate surface area is 212 Å². The third-order valence-corrected chi connectivity index (χ3v) is 5.92. The number of carbonyl (C=O) groups is 2. The summed E-state index contributed by atoms with van der Waals surface area (Å²) in [7, 11) is 0. The van der Waals surface area contributed by atoms with E-state index in [2.05, 4.69) is 37.4 Å². The summed E-state index contributed by atoms with van der Waals surface area (Å²) in [4.78, 5) is 24.8. The van der Waals surface area contributed by atoms with Crippen LogP contribution in [-0.2, 0) is 17.8 Å². The molecular formula is C30H34FNO4. The first-order valence-corrected chi connectivity index (χ1v) is 12.2. The number of rotatable bonds is 11. The molecule has 0 bridgehead atoms. The first kappa shape index (κ1) is 26.9. The zero-order valence-electron chi connectivity index (χ0n) is 21.3. The standard InChI is InChI=1S/C30H34FNO4/c1-19(2)13-27(24-15-20(3)14-21(4)16-24)32-30(35)25-17-22(9-10-23(25)11-12-29(33)34)18-36-28-8-6-5-7-26(28)31/h5-10,14-17,19,27H,11-13,18H2,1-4H3,(H,32,35)(H,33,34)/t27-/m1/s1. The van der Waals surface area contributed by atoms with Crippen LogP contribution in [0.25, 0.3) is 0 Å². The molecule has 0 aliphatic rings. The number of halogens is 1. The van der Waals surface area contributed by atoms with E-state index in [-0.39, 0.29) is 37.1 Å². The maximum atomic E-state index is 14.0. The van der Waals surface area contributed by atoms with Crippen molar-refractivity contribution in [2.45, 2.75) is 59.6 Å². The van der Waals surface area contributed by atoms with E-state index in [0.29, 0.717) is 22.6 Å². The molecule has 1 atom stereocenters. The number of nitrogens with one attached hydrogen (secondary N) is 1. The van der Waals surface area contributed by atoms with Crippen molar-refractivity contribution in [2.75, 3.05) is 0 Å². The molecule has 36 heavy (non-hydrogen) atoms. The number of amides is 1. The van der Waals surface area contributed by atoms with E-state index in [1.165, 1.54) is 6.07 Å². The number of aliphatic carboxylic acids is 1. The number of benzene rings is 3. The summed E-state index contributed by atoms with van der Waals surface area (Å²) in [5.74, 6) is -1.18. The van der Waals surface area contributed by atoms with Gasteiger partial charge < -0.3 is 15.2 Å². The van der Waals surface area contributed by atoms with Crippen molar-refractivity contribution in [3.05, 3.63) is 99.9 Å². The van der Waals surface area contributed by atoms with Crippen LogP contribution in [0, 0.1) is 25.6 Å². The SMILES string of the molecule is Cc1cc(C)cc([C@@H](CC(C)C)NC(=O)c2cc(COc3ccccc3F)ccc2CCC(=O)O)c1. The van der Waals surface area contributed by atoms with Crippen LogP contribution in [0.2, 0.25) is 0 Å². The fourth-order valence-electron chi connectivity index (χ4n) is 4.30. The van der Waals surface area contributed by atoms with Crippen molar-refractivity contribution in [1.82, 2.24) is 5.32 Å². The van der Waals surface area contributed by atoms with Gasteiger partial charge in [-0.15, -0.1) is 0 Å².